The van der Waals surface area contributed by atoms with E-state index in [9.17, 15) is 0 Å². The summed E-state index contributed by atoms with van der Waals surface area (Å²) in [5.41, 5.74) is 2.22. The van der Waals surface area contributed by atoms with Gasteiger partial charge in [-0.2, -0.15) is 0 Å². The molecule has 0 radical (unpaired) electrons. The minimum absolute atomic E-state index is 0.229. The van der Waals surface area contributed by atoms with E-state index in [1.165, 1.54) is 0 Å². The maximum atomic E-state index is 6.05. The van der Waals surface area contributed by atoms with Crippen molar-refractivity contribution in [2.45, 2.75) is 31.7 Å². The zero-order chi connectivity index (χ0) is 16.6. The Morgan fingerprint density at radius 3 is 2.00 bits per heavy atom. The van der Waals surface area contributed by atoms with Gasteiger partial charge < -0.3 is 18.9 Å². The molecule has 0 bridgehead atoms. The Morgan fingerprint density at radius 2 is 1.42 bits per heavy atom. The number of rotatable bonds is 7. The van der Waals surface area contributed by atoms with Crippen molar-refractivity contribution in [2.75, 3.05) is 7.11 Å². The number of ether oxygens (including phenoxy) is 4. The van der Waals surface area contributed by atoms with Gasteiger partial charge in [0.1, 0.15) is 12.2 Å². The lowest BCUT2D eigenvalue weighted by Gasteiger charge is -2.33. The van der Waals surface area contributed by atoms with Crippen molar-refractivity contribution in [1.29, 1.82) is 0 Å². The molecule has 0 spiro atoms. The highest BCUT2D eigenvalue weighted by atomic mass is 16.7. The number of hydrogen-bond acceptors (Lipinski definition) is 4. The van der Waals surface area contributed by atoms with E-state index >= 15 is 0 Å². The smallest absolute Gasteiger partial charge is 0.228 e. The van der Waals surface area contributed by atoms with Crippen molar-refractivity contribution in [2.24, 2.45) is 0 Å². The second kappa shape index (κ2) is 8.64. The maximum absolute atomic E-state index is 6.05. The molecule has 0 aliphatic carbocycles. The van der Waals surface area contributed by atoms with Crippen molar-refractivity contribution < 1.29 is 18.9 Å². The molecule has 1 heterocycles. The molecule has 126 valence electrons. The van der Waals surface area contributed by atoms with E-state index in [1.54, 1.807) is 13.4 Å². The molecule has 0 N–H and O–H groups in total. The average Bonchev–Trinajstić information content (AvgIpc) is 2.66. The van der Waals surface area contributed by atoms with E-state index < -0.39 is 6.29 Å². The molecule has 3 atom stereocenters. The first-order valence-corrected chi connectivity index (χ1v) is 8.03. The van der Waals surface area contributed by atoms with Gasteiger partial charge in [0, 0.05) is 7.11 Å². The number of benzene rings is 2. The van der Waals surface area contributed by atoms with Gasteiger partial charge in [0.25, 0.3) is 0 Å². The van der Waals surface area contributed by atoms with E-state index in [0.717, 1.165) is 11.1 Å². The lowest BCUT2D eigenvalue weighted by Crippen LogP contribution is -2.44. The summed E-state index contributed by atoms with van der Waals surface area (Å²) < 4.78 is 23.0. The van der Waals surface area contributed by atoms with Crippen LogP contribution in [-0.4, -0.2) is 25.6 Å². The van der Waals surface area contributed by atoms with E-state index in [0.29, 0.717) is 13.2 Å². The lowest BCUT2D eigenvalue weighted by molar-refractivity contribution is -0.213. The Labute approximate surface area is 142 Å². The molecule has 2 aromatic rings. The Bertz CT molecular complexity index is 627. The molecular formula is C20H22O4. The van der Waals surface area contributed by atoms with Crippen LogP contribution in [-0.2, 0) is 32.2 Å². The molecule has 0 aromatic heterocycles. The molecule has 0 amide bonds. The summed E-state index contributed by atoms with van der Waals surface area (Å²) in [5, 5.41) is 0. The zero-order valence-electron chi connectivity index (χ0n) is 13.7. The third kappa shape index (κ3) is 4.45. The molecule has 0 fully saturated rings. The largest absolute Gasteiger partial charge is 0.470 e. The summed E-state index contributed by atoms with van der Waals surface area (Å²) in [6, 6.07) is 20.1. The van der Waals surface area contributed by atoms with Gasteiger partial charge >= 0.3 is 0 Å². The summed E-state index contributed by atoms with van der Waals surface area (Å²) in [7, 11) is 1.61. The average molecular weight is 326 g/mol. The molecule has 4 nitrogen and oxygen atoms in total. The van der Waals surface area contributed by atoms with E-state index in [2.05, 4.69) is 0 Å². The quantitative estimate of drug-likeness (QED) is 0.778. The summed E-state index contributed by atoms with van der Waals surface area (Å²) >= 11 is 0. The molecule has 0 unspecified atom stereocenters. The fourth-order valence-corrected chi connectivity index (χ4v) is 2.59. The lowest BCUT2D eigenvalue weighted by atomic mass is 10.1. The summed E-state index contributed by atoms with van der Waals surface area (Å²) in [4.78, 5) is 0. The highest BCUT2D eigenvalue weighted by Crippen LogP contribution is 2.22. The molecule has 24 heavy (non-hydrogen) atoms. The van der Waals surface area contributed by atoms with Crippen LogP contribution in [0.5, 0.6) is 0 Å². The third-order valence-electron chi connectivity index (χ3n) is 3.88. The van der Waals surface area contributed by atoms with Crippen LogP contribution in [0, 0.1) is 0 Å². The normalized spacial score (nSPS) is 23.0. The Morgan fingerprint density at radius 1 is 0.833 bits per heavy atom. The van der Waals surface area contributed by atoms with Gasteiger partial charge in [-0.15, -0.1) is 0 Å². The topological polar surface area (TPSA) is 36.9 Å². The monoisotopic (exact) mass is 326 g/mol. The first-order valence-electron chi connectivity index (χ1n) is 8.03. The molecular weight excluding hydrogens is 304 g/mol. The van der Waals surface area contributed by atoms with Gasteiger partial charge in [0.05, 0.1) is 19.5 Å². The van der Waals surface area contributed by atoms with Crippen LogP contribution in [0.2, 0.25) is 0 Å². The molecule has 0 saturated carbocycles. The summed E-state index contributed by atoms with van der Waals surface area (Å²) in [6.45, 7) is 0.991. The van der Waals surface area contributed by atoms with Crippen molar-refractivity contribution in [1.82, 2.24) is 0 Å². The molecule has 0 saturated heterocycles. The van der Waals surface area contributed by atoms with E-state index in [4.69, 9.17) is 18.9 Å². The van der Waals surface area contributed by atoms with Crippen LogP contribution in [0.25, 0.3) is 0 Å². The number of methoxy groups -OCH3 is 1. The van der Waals surface area contributed by atoms with Crippen molar-refractivity contribution in [3.05, 3.63) is 84.1 Å². The highest BCUT2D eigenvalue weighted by molar-refractivity contribution is 5.14. The predicted molar refractivity (Wildman–Crippen MR) is 91.1 cm³/mol. The van der Waals surface area contributed by atoms with Crippen LogP contribution in [0.3, 0.4) is 0 Å². The van der Waals surface area contributed by atoms with Gasteiger partial charge in [-0.25, -0.2) is 0 Å². The van der Waals surface area contributed by atoms with Crippen LogP contribution in [0.1, 0.15) is 11.1 Å². The maximum Gasteiger partial charge on any atom is 0.228 e. The Kier molecular flexibility index (Phi) is 6.01. The van der Waals surface area contributed by atoms with Crippen LogP contribution in [0.4, 0.5) is 0 Å². The highest BCUT2D eigenvalue weighted by Gasteiger charge is 2.34. The van der Waals surface area contributed by atoms with Crippen LogP contribution in [0.15, 0.2) is 73.0 Å². The fraction of sp³-hybridized carbons (Fsp3) is 0.300. The number of hydrogen-bond donors (Lipinski definition) is 0. The molecule has 3 rings (SSSR count). The standard InChI is InChI=1S/C20H22O4/c1-21-20-19(24-15-17-10-6-3-7-11-17)18(12-13-22-20)23-14-16-8-4-2-5-9-16/h2-13,18-20H,14-15H2,1H3/t18-,19+,20+/m0/s1. The van der Waals surface area contributed by atoms with Gasteiger partial charge in [0.15, 0.2) is 0 Å². The third-order valence-corrected chi connectivity index (χ3v) is 3.88. The van der Waals surface area contributed by atoms with Gasteiger partial charge in [-0.3, -0.25) is 0 Å². The minimum Gasteiger partial charge on any atom is -0.470 e. The predicted octanol–water partition coefficient (Wildman–Crippen LogP) is 3.67. The van der Waals surface area contributed by atoms with Crippen molar-refractivity contribution in [3.8, 4) is 0 Å². The Hall–Kier alpha value is -2.14. The molecule has 1 aliphatic heterocycles. The van der Waals surface area contributed by atoms with Crippen molar-refractivity contribution in [3.63, 3.8) is 0 Å². The molecule has 1 aliphatic rings. The summed E-state index contributed by atoms with van der Waals surface area (Å²) in [5.74, 6) is 0. The van der Waals surface area contributed by atoms with Crippen LogP contribution < -0.4 is 0 Å². The van der Waals surface area contributed by atoms with Gasteiger partial charge in [-0.05, 0) is 17.2 Å². The first-order chi connectivity index (χ1) is 11.9. The summed E-state index contributed by atoms with van der Waals surface area (Å²) in [6.07, 6.45) is 2.44. The van der Waals surface area contributed by atoms with Crippen molar-refractivity contribution >= 4 is 0 Å². The minimum atomic E-state index is -0.487. The first kappa shape index (κ1) is 16.7. The fourth-order valence-electron chi connectivity index (χ4n) is 2.59. The second-order valence-electron chi connectivity index (χ2n) is 5.59. The second-order valence-corrected chi connectivity index (χ2v) is 5.59. The van der Waals surface area contributed by atoms with Gasteiger partial charge in [-0.1, -0.05) is 60.7 Å². The SMILES string of the molecule is CO[C@@H]1OC=C[C@H](OCc2ccccc2)[C@H]1OCc1ccccc1. The Balaban J connectivity index is 1.63. The van der Waals surface area contributed by atoms with E-state index in [1.807, 2.05) is 66.7 Å². The van der Waals surface area contributed by atoms with Crippen LogP contribution >= 0.6 is 0 Å². The zero-order valence-corrected chi connectivity index (χ0v) is 13.7. The van der Waals surface area contributed by atoms with Gasteiger partial charge in [0.2, 0.25) is 6.29 Å². The molecule has 2 aromatic carbocycles. The molecule has 4 heteroatoms. The van der Waals surface area contributed by atoms with E-state index in [-0.39, 0.29) is 12.2 Å².